The molecule has 0 N–H and O–H groups in total. The van der Waals surface area contributed by atoms with Crippen LogP contribution in [0.1, 0.15) is 83.7 Å². The summed E-state index contributed by atoms with van der Waals surface area (Å²) < 4.78 is 19.9. The van der Waals surface area contributed by atoms with E-state index in [0.29, 0.717) is 30.6 Å². The highest BCUT2D eigenvalue weighted by Gasteiger charge is 2.42. The molecule has 1 aliphatic rings. The lowest BCUT2D eigenvalue weighted by molar-refractivity contribution is 0.00943. The van der Waals surface area contributed by atoms with Gasteiger partial charge in [-0.15, -0.1) is 0 Å². The summed E-state index contributed by atoms with van der Waals surface area (Å²) in [6, 6.07) is 5.82. The van der Waals surface area contributed by atoms with E-state index in [9.17, 15) is 9.59 Å². The van der Waals surface area contributed by atoms with Crippen LogP contribution in [-0.4, -0.2) is 40.9 Å². The van der Waals surface area contributed by atoms with Gasteiger partial charge in [-0.2, -0.15) is 4.99 Å². The average Bonchev–Trinajstić information content (AvgIpc) is 2.81. The van der Waals surface area contributed by atoms with Crippen LogP contribution in [0.15, 0.2) is 47.6 Å². The standard InChI is InChI=1S/C32H51NO5Si2/c1-24-16-12-13-17-25-18-14-20-27(37-39(8,9)31(2,3)4)29(25)30(35)36-26(19-15-21-33-23-34)22-28(24)38-40(10,11)32(5,6)7/h12-15,18,20-21,24,26,28H,16-17,19,22H2,1-11H3/t24-,26-,28+/m0/s1. The molecule has 0 saturated heterocycles. The van der Waals surface area contributed by atoms with E-state index in [0.717, 1.165) is 12.0 Å². The van der Waals surface area contributed by atoms with Gasteiger partial charge in [0.15, 0.2) is 8.32 Å². The van der Waals surface area contributed by atoms with Crippen molar-refractivity contribution < 1.29 is 23.2 Å². The van der Waals surface area contributed by atoms with Gasteiger partial charge >= 0.3 is 5.97 Å². The highest BCUT2D eigenvalue weighted by molar-refractivity contribution is 6.75. The minimum Gasteiger partial charge on any atom is -0.543 e. The maximum Gasteiger partial charge on any atom is 0.342 e. The molecule has 0 aliphatic carbocycles. The third-order valence-corrected chi connectivity index (χ3v) is 17.6. The Hall–Kier alpha value is -2.26. The van der Waals surface area contributed by atoms with Gasteiger partial charge in [0.05, 0.1) is 6.10 Å². The quantitative estimate of drug-likeness (QED) is 0.105. The molecule has 0 unspecified atom stereocenters. The van der Waals surface area contributed by atoms with E-state index >= 15 is 0 Å². The zero-order chi connectivity index (χ0) is 30.4. The monoisotopic (exact) mass is 585 g/mol. The Morgan fingerprint density at radius 3 is 2.30 bits per heavy atom. The van der Waals surface area contributed by atoms with Gasteiger partial charge in [-0.25, -0.2) is 9.59 Å². The number of rotatable bonds is 7. The van der Waals surface area contributed by atoms with Crippen LogP contribution in [0.2, 0.25) is 36.3 Å². The second kappa shape index (κ2) is 13.6. The summed E-state index contributed by atoms with van der Waals surface area (Å²) in [6.07, 6.45) is 10.9. The summed E-state index contributed by atoms with van der Waals surface area (Å²) in [6.45, 7) is 24.3. The van der Waals surface area contributed by atoms with E-state index in [1.54, 1.807) is 6.08 Å². The predicted octanol–water partition coefficient (Wildman–Crippen LogP) is 8.75. The van der Waals surface area contributed by atoms with E-state index < -0.39 is 28.7 Å². The lowest BCUT2D eigenvalue weighted by Gasteiger charge is -2.41. The van der Waals surface area contributed by atoms with Crippen LogP contribution in [0, 0.1) is 5.92 Å². The van der Waals surface area contributed by atoms with Crippen molar-refractivity contribution in [1.29, 1.82) is 0 Å². The van der Waals surface area contributed by atoms with Crippen molar-refractivity contribution in [3.8, 4) is 5.75 Å². The number of isocyanates is 1. The molecule has 0 fully saturated rings. The van der Waals surface area contributed by atoms with Crippen LogP contribution in [0.25, 0.3) is 0 Å². The molecule has 40 heavy (non-hydrogen) atoms. The highest BCUT2D eigenvalue weighted by Crippen LogP contribution is 2.41. The summed E-state index contributed by atoms with van der Waals surface area (Å²) in [5.74, 6) is 0.423. The minimum absolute atomic E-state index is 0.0260. The third-order valence-electron chi connectivity index (χ3n) is 8.79. The van der Waals surface area contributed by atoms with Gasteiger partial charge < -0.3 is 13.6 Å². The first-order chi connectivity index (χ1) is 18.4. The number of aliphatic imine (C=N–C) groups is 1. The average molecular weight is 586 g/mol. The van der Waals surface area contributed by atoms with Crippen LogP contribution in [0.4, 0.5) is 0 Å². The Bertz CT molecular complexity index is 1120. The van der Waals surface area contributed by atoms with E-state index in [-0.39, 0.29) is 22.1 Å². The van der Waals surface area contributed by atoms with Crippen molar-refractivity contribution in [2.75, 3.05) is 0 Å². The number of cyclic esters (lactones) is 1. The number of allylic oxidation sites excluding steroid dienone is 2. The number of esters is 1. The predicted molar refractivity (Wildman–Crippen MR) is 169 cm³/mol. The fraction of sp³-hybridized carbons (Fsp3) is 0.625. The van der Waals surface area contributed by atoms with Crippen LogP contribution in [0.3, 0.4) is 0 Å². The van der Waals surface area contributed by atoms with Crippen LogP contribution < -0.4 is 4.43 Å². The topological polar surface area (TPSA) is 74.2 Å². The first-order valence-electron chi connectivity index (χ1n) is 14.5. The van der Waals surface area contributed by atoms with Gasteiger partial charge in [0.25, 0.3) is 8.32 Å². The SMILES string of the molecule is C[C@H]1CC=CCc2cccc(O[Si](C)(C)C(C)(C)C)c2C(=O)O[C@@H](CC=CN=C=O)C[C@H]1O[Si](C)(C)C(C)(C)C. The summed E-state index contributed by atoms with van der Waals surface area (Å²) >= 11 is 0. The highest BCUT2D eigenvalue weighted by atomic mass is 28.4. The lowest BCUT2D eigenvalue weighted by atomic mass is 9.93. The van der Waals surface area contributed by atoms with Gasteiger partial charge in [0, 0.05) is 19.0 Å². The van der Waals surface area contributed by atoms with Crippen molar-refractivity contribution in [3.63, 3.8) is 0 Å². The molecule has 3 atom stereocenters. The molecule has 0 aromatic heterocycles. The maximum atomic E-state index is 14.0. The van der Waals surface area contributed by atoms with Gasteiger partial charge in [-0.3, -0.25) is 0 Å². The molecule has 0 bridgehead atoms. The van der Waals surface area contributed by atoms with Crippen molar-refractivity contribution in [1.82, 2.24) is 0 Å². The first-order valence-corrected chi connectivity index (χ1v) is 20.3. The van der Waals surface area contributed by atoms with Gasteiger partial charge in [0.2, 0.25) is 6.08 Å². The molecule has 1 heterocycles. The van der Waals surface area contributed by atoms with Crippen molar-refractivity contribution in [2.45, 2.75) is 123 Å². The number of fused-ring (bicyclic) bond motifs is 1. The molecule has 1 aliphatic heterocycles. The molecule has 0 radical (unpaired) electrons. The molecule has 1 aromatic rings. The Labute approximate surface area is 244 Å². The number of carbonyl (C=O) groups is 1. The fourth-order valence-electron chi connectivity index (χ4n) is 4.07. The number of nitrogens with zero attached hydrogens (tertiary/aromatic N) is 1. The number of hydrogen-bond donors (Lipinski definition) is 0. The zero-order valence-corrected chi connectivity index (χ0v) is 28.6. The largest absolute Gasteiger partial charge is 0.543 e. The molecule has 2 rings (SSSR count). The molecule has 0 saturated carbocycles. The van der Waals surface area contributed by atoms with Gasteiger partial charge in [0.1, 0.15) is 17.4 Å². The molecule has 1 aromatic carbocycles. The Morgan fingerprint density at radius 2 is 1.70 bits per heavy atom. The van der Waals surface area contributed by atoms with E-state index in [2.05, 4.69) is 91.8 Å². The summed E-state index contributed by atoms with van der Waals surface area (Å²) in [5, 5.41) is 0.0215. The second-order valence-corrected chi connectivity index (χ2v) is 23.5. The van der Waals surface area contributed by atoms with E-state index in [1.807, 2.05) is 18.2 Å². The van der Waals surface area contributed by atoms with Crippen LogP contribution in [0.5, 0.6) is 5.75 Å². The zero-order valence-electron chi connectivity index (χ0n) is 26.6. The molecular formula is C32H51NO5Si2. The van der Waals surface area contributed by atoms with Gasteiger partial charge in [-0.05, 0) is 66.7 Å². The summed E-state index contributed by atoms with van der Waals surface area (Å²) in [4.78, 5) is 28.1. The van der Waals surface area contributed by atoms with Crippen molar-refractivity contribution in [3.05, 3.63) is 53.8 Å². The molecular weight excluding hydrogens is 535 g/mol. The smallest absolute Gasteiger partial charge is 0.342 e. The van der Waals surface area contributed by atoms with Crippen LogP contribution in [-0.2, 0) is 20.4 Å². The third kappa shape index (κ3) is 9.13. The second-order valence-electron chi connectivity index (χ2n) is 14.1. The molecule has 0 spiro atoms. The number of benzene rings is 1. The fourth-order valence-corrected chi connectivity index (χ4v) is 6.54. The molecule has 6 nitrogen and oxygen atoms in total. The number of carbonyl (C=O) groups excluding carboxylic acids is 2. The first kappa shape index (κ1) is 33.9. The lowest BCUT2D eigenvalue weighted by Crippen LogP contribution is -2.46. The molecule has 0 amide bonds. The van der Waals surface area contributed by atoms with Crippen molar-refractivity contribution in [2.24, 2.45) is 10.9 Å². The number of ether oxygens (including phenoxy) is 1. The van der Waals surface area contributed by atoms with Crippen LogP contribution >= 0.6 is 0 Å². The molecule has 222 valence electrons. The minimum atomic E-state index is -2.22. The molecule has 8 heteroatoms. The maximum absolute atomic E-state index is 14.0. The van der Waals surface area contributed by atoms with Crippen molar-refractivity contribution >= 4 is 28.7 Å². The van der Waals surface area contributed by atoms with Gasteiger partial charge in [-0.1, -0.05) is 78.8 Å². The van der Waals surface area contributed by atoms with E-state index in [4.69, 9.17) is 13.6 Å². The Kier molecular flexibility index (Phi) is 11.5. The summed E-state index contributed by atoms with van der Waals surface area (Å²) in [7, 11) is -4.31. The Balaban J connectivity index is 2.56. The number of hydrogen-bond acceptors (Lipinski definition) is 6. The summed E-state index contributed by atoms with van der Waals surface area (Å²) in [5.41, 5.74) is 1.38. The normalized spacial score (nSPS) is 21.6. The van der Waals surface area contributed by atoms with E-state index in [1.165, 1.54) is 12.3 Å². The Morgan fingerprint density at radius 1 is 1.05 bits per heavy atom.